The Morgan fingerprint density at radius 3 is 1.78 bits per heavy atom. The van der Waals surface area contributed by atoms with E-state index in [-0.39, 0.29) is 0 Å². The van der Waals surface area contributed by atoms with Crippen LogP contribution in [0.25, 0.3) is 43.4 Å². The zero-order chi connectivity index (χ0) is 31.3. The van der Waals surface area contributed by atoms with E-state index in [4.69, 9.17) is 4.74 Å². The van der Waals surface area contributed by atoms with Gasteiger partial charge in [0.05, 0.1) is 0 Å². The van der Waals surface area contributed by atoms with Crippen LogP contribution in [0.3, 0.4) is 0 Å². The summed E-state index contributed by atoms with van der Waals surface area (Å²) >= 11 is 0. The van der Waals surface area contributed by atoms with Crippen LogP contribution in [0.4, 0.5) is 0 Å². The van der Waals surface area contributed by atoms with Crippen LogP contribution in [-0.4, -0.2) is 6.71 Å². The molecular weight excluding hydrogens is 555 g/mol. The summed E-state index contributed by atoms with van der Waals surface area (Å²) in [6.07, 6.45) is 5.70. The van der Waals surface area contributed by atoms with Crippen LogP contribution in [0.2, 0.25) is 11.6 Å². The first kappa shape index (κ1) is 27.8. The standard InChI is InChI=1S/C44H47BO/c1-24-35-18-26(43(35,3)4)20-37(24)45(38-21-27-19-36(25(38)2)44(27,5)6)39-23-33-31-15-11-17-41-42(31)34(30-14-9-10-16-40(30)46-41)22-32(33)28-12-7-8-13-29(28)39/h7-17,22-27,35-38H,18-21H2,1-6H3. The van der Waals surface area contributed by atoms with Crippen molar-refractivity contribution in [1.29, 1.82) is 0 Å². The molecule has 5 aromatic rings. The third kappa shape index (κ3) is 3.44. The summed E-state index contributed by atoms with van der Waals surface area (Å²) in [5, 5.41) is 8.33. The van der Waals surface area contributed by atoms with Crippen molar-refractivity contribution >= 4 is 44.5 Å². The maximum absolute atomic E-state index is 6.55. The lowest BCUT2D eigenvalue weighted by Gasteiger charge is -2.66. The van der Waals surface area contributed by atoms with Gasteiger partial charge in [-0.3, -0.25) is 0 Å². The van der Waals surface area contributed by atoms with Crippen molar-refractivity contribution in [3.05, 3.63) is 78.9 Å². The highest BCUT2D eigenvalue weighted by molar-refractivity contribution is 6.78. The molecule has 0 amide bonds. The molecule has 0 saturated heterocycles. The van der Waals surface area contributed by atoms with Gasteiger partial charge in [-0.1, -0.05) is 132 Å². The quantitative estimate of drug-likeness (QED) is 0.145. The monoisotopic (exact) mass is 602 g/mol. The predicted molar refractivity (Wildman–Crippen MR) is 196 cm³/mol. The molecule has 0 N–H and O–H groups in total. The van der Waals surface area contributed by atoms with Gasteiger partial charge in [-0.25, -0.2) is 0 Å². The minimum atomic E-state index is 0.501. The van der Waals surface area contributed by atoms with Gasteiger partial charge in [-0.05, 0) is 110 Å². The van der Waals surface area contributed by atoms with Crippen LogP contribution >= 0.6 is 0 Å². The van der Waals surface area contributed by atoms with Crippen molar-refractivity contribution < 1.29 is 4.74 Å². The summed E-state index contributed by atoms with van der Waals surface area (Å²) in [5.74, 6) is 8.44. The van der Waals surface area contributed by atoms with Gasteiger partial charge in [0, 0.05) is 10.9 Å². The Morgan fingerprint density at radius 1 is 0.565 bits per heavy atom. The van der Waals surface area contributed by atoms with Crippen LogP contribution in [0.5, 0.6) is 11.5 Å². The highest BCUT2D eigenvalue weighted by Gasteiger charge is 2.62. The highest BCUT2D eigenvalue weighted by atomic mass is 16.5. The van der Waals surface area contributed by atoms with E-state index in [0.29, 0.717) is 17.5 Å². The van der Waals surface area contributed by atoms with E-state index >= 15 is 0 Å². The largest absolute Gasteiger partial charge is 0.456 e. The molecule has 2 heteroatoms. The van der Waals surface area contributed by atoms with E-state index in [2.05, 4.69) is 120 Å². The Hall–Kier alpha value is -3.26. The molecule has 6 saturated carbocycles. The normalized spacial score (nSPS) is 32.7. The Morgan fingerprint density at radius 2 is 1.13 bits per heavy atom. The number of para-hydroxylation sites is 1. The first-order valence-corrected chi connectivity index (χ1v) is 18.3. The highest BCUT2D eigenvalue weighted by Crippen LogP contribution is 2.69. The number of benzene rings is 5. The Labute approximate surface area is 275 Å². The minimum absolute atomic E-state index is 0.501. The van der Waals surface area contributed by atoms with Crippen molar-refractivity contribution in [3.8, 4) is 22.6 Å². The Kier molecular flexibility index (Phi) is 5.57. The van der Waals surface area contributed by atoms with Crippen molar-refractivity contribution in [1.82, 2.24) is 0 Å². The molecular formula is C44H47BO. The molecule has 6 aliphatic carbocycles. The summed E-state index contributed by atoms with van der Waals surface area (Å²) in [7, 11) is 0. The van der Waals surface area contributed by atoms with E-state index in [1.807, 2.05) is 0 Å². The summed E-state index contributed by atoms with van der Waals surface area (Å²) < 4.78 is 6.55. The third-order valence-corrected chi connectivity index (χ3v) is 15.5. The molecule has 7 aliphatic rings. The van der Waals surface area contributed by atoms with Crippen LogP contribution < -0.4 is 10.2 Å². The first-order chi connectivity index (χ1) is 22.1. The van der Waals surface area contributed by atoms with Crippen LogP contribution in [0.1, 0.15) is 67.2 Å². The lowest BCUT2D eigenvalue weighted by atomic mass is 9.19. The first-order valence-electron chi connectivity index (χ1n) is 18.3. The van der Waals surface area contributed by atoms with Gasteiger partial charge in [0.15, 0.2) is 6.71 Å². The number of ether oxygens (including phenoxy) is 1. The van der Waals surface area contributed by atoms with E-state index in [1.165, 1.54) is 69.1 Å². The average molecular weight is 603 g/mol. The molecule has 0 aromatic heterocycles. The lowest BCUT2D eigenvalue weighted by molar-refractivity contribution is -0.107. The summed E-state index contributed by atoms with van der Waals surface area (Å²) in [6.45, 7) is 16.2. The molecule has 8 unspecified atom stereocenters. The maximum atomic E-state index is 6.55. The summed E-state index contributed by atoms with van der Waals surface area (Å²) in [6, 6.07) is 29.9. The lowest BCUT2D eigenvalue weighted by Crippen LogP contribution is -2.62. The van der Waals surface area contributed by atoms with E-state index in [9.17, 15) is 0 Å². The van der Waals surface area contributed by atoms with Crippen molar-refractivity contribution in [3.63, 3.8) is 0 Å². The van der Waals surface area contributed by atoms with Crippen LogP contribution in [-0.2, 0) is 0 Å². The van der Waals surface area contributed by atoms with Gasteiger partial charge in [0.2, 0.25) is 0 Å². The van der Waals surface area contributed by atoms with Crippen LogP contribution in [0.15, 0.2) is 78.9 Å². The number of hydrogen-bond acceptors (Lipinski definition) is 1. The molecule has 12 rings (SSSR count). The second-order valence-electron chi connectivity index (χ2n) is 17.6. The van der Waals surface area contributed by atoms with Gasteiger partial charge in [0.1, 0.15) is 11.5 Å². The van der Waals surface area contributed by atoms with Gasteiger partial charge in [0.25, 0.3) is 0 Å². The van der Waals surface area contributed by atoms with Crippen molar-refractivity contribution in [2.45, 2.75) is 78.9 Å². The molecule has 8 atom stereocenters. The number of rotatable bonds is 3. The topological polar surface area (TPSA) is 9.23 Å². The molecule has 6 fully saturated rings. The molecule has 46 heavy (non-hydrogen) atoms. The Balaban J connectivity index is 1.24. The van der Waals surface area contributed by atoms with Gasteiger partial charge in [-0.2, -0.15) is 0 Å². The minimum Gasteiger partial charge on any atom is -0.456 e. The number of fused-ring (bicyclic) bond motifs is 10. The Bertz CT molecular complexity index is 2050. The molecule has 5 aromatic carbocycles. The fraction of sp³-hybridized carbons (Fsp3) is 0.455. The van der Waals surface area contributed by atoms with Gasteiger partial charge < -0.3 is 4.74 Å². The van der Waals surface area contributed by atoms with E-state index < -0.39 is 0 Å². The van der Waals surface area contributed by atoms with Crippen molar-refractivity contribution in [2.24, 2.45) is 46.3 Å². The van der Waals surface area contributed by atoms with Gasteiger partial charge >= 0.3 is 0 Å². The van der Waals surface area contributed by atoms with E-state index in [0.717, 1.165) is 58.6 Å². The zero-order valence-electron chi connectivity index (χ0n) is 28.4. The summed E-state index contributed by atoms with van der Waals surface area (Å²) in [4.78, 5) is 0. The number of hydrogen-bond donors (Lipinski definition) is 0. The third-order valence-electron chi connectivity index (χ3n) is 15.5. The second-order valence-corrected chi connectivity index (χ2v) is 17.6. The fourth-order valence-corrected chi connectivity index (χ4v) is 12.6. The van der Waals surface area contributed by atoms with Crippen molar-refractivity contribution in [2.75, 3.05) is 0 Å². The predicted octanol–water partition coefficient (Wildman–Crippen LogP) is 11.8. The average Bonchev–Trinajstić information content (AvgIpc) is 3.06. The molecule has 1 nitrogen and oxygen atoms in total. The second kappa shape index (κ2) is 9.21. The molecule has 232 valence electrons. The van der Waals surface area contributed by atoms with E-state index in [1.54, 1.807) is 5.46 Å². The molecule has 1 heterocycles. The molecule has 0 spiro atoms. The fourth-order valence-electron chi connectivity index (χ4n) is 12.6. The SMILES string of the molecule is CC1C(B(c2cc3c4cccc5c4c(cc3c3ccccc23)-c2ccccc2O5)C2CC3CC(C2C)C3(C)C)CC2CC1C2(C)C. The van der Waals surface area contributed by atoms with Gasteiger partial charge in [-0.15, -0.1) is 0 Å². The molecule has 0 radical (unpaired) electrons. The maximum Gasteiger partial charge on any atom is 0.183 e. The molecule has 4 bridgehead atoms. The summed E-state index contributed by atoms with van der Waals surface area (Å²) in [5.41, 5.74) is 5.16. The molecule has 1 aliphatic heterocycles. The zero-order valence-corrected chi connectivity index (χ0v) is 28.4. The smallest absolute Gasteiger partial charge is 0.183 e. The van der Waals surface area contributed by atoms with Crippen LogP contribution in [0, 0.1) is 46.3 Å².